The molecule has 0 spiro atoms. The van der Waals surface area contributed by atoms with Crippen LogP contribution < -0.4 is 10.6 Å². The van der Waals surface area contributed by atoms with Crippen LogP contribution in [0.15, 0.2) is 48.5 Å². The quantitative estimate of drug-likeness (QED) is 0.579. The molecule has 1 aliphatic rings. The van der Waals surface area contributed by atoms with E-state index in [2.05, 4.69) is 10.6 Å². The molecule has 4 amide bonds. The number of nitrogens with zero attached hydrogens (tertiary/aromatic N) is 1. The van der Waals surface area contributed by atoms with Gasteiger partial charge in [0.2, 0.25) is 5.91 Å². The zero-order valence-corrected chi connectivity index (χ0v) is 16.0. The lowest BCUT2D eigenvalue weighted by molar-refractivity contribution is -0.134. The number of rotatable bonds is 6. The summed E-state index contributed by atoms with van der Waals surface area (Å²) in [4.78, 5) is 50.5. The Morgan fingerprint density at radius 3 is 2.38 bits per heavy atom. The van der Waals surface area contributed by atoms with Crippen molar-refractivity contribution in [3.63, 3.8) is 0 Å². The van der Waals surface area contributed by atoms with Crippen LogP contribution in [-0.4, -0.2) is 35.1 Å². The van der Waals surface area contributed by atoms with E-state index in [1.54, 1.807) is 31.2 Å². The summed E-state index contributed by atoms with van der Waals surface area (Å²) in [6, 6.07) is 11.0. The van der Waals surface area contributed by atoms with Gasteiger partial charge < -0.3 is 10.6 Å². The average Bonchev–Trinajstić information content (AvgIpc) is 2.94. The van der Waals surface area contributed by atoms with Crippen LogP contribution >= 0.6 is 0 Å². The molecule has 1 fully saturated rings. The van der Waals surface area contributed by atoms with Crippen LogP contribution in [0.1, 0.15) is 36.2 Å². The second-order valence-electron chi connectivity index (χ2n) is 6.74. The molecule has 3 rings (SSSR count). The Morgan fingerprint density at radius 2 is 1.76 bits per heavy atom. The second-order valence-corrected chi connectivity index (χ2v) is 6.74. The number of carbonyl (C=O) groups is 4. The molecule has 2 aromatic carbocycles. The maximum absolute atomic E-state index is 13.3. The van der Waals surface area contributed by atoms with Gasteiger partial charge in [0, 0.05) is 5.56 Å². The molecule has 8 heteroatoms. The smallest absolute Gasteiger partial charge is 0.324 e. The minimum absolute atomic E-state index is 0.225. The fourth-order valence-corrected chi connectivity index (χ4v) is 3.38. The first kappa shape index (κ1) is 20.2. The standard InChI is InChI=1S/C21H20FN3O4/c1-3-21(14-8-10-15(22)11-9-14)19(28)25(20(29)24-21)12-18(27)23-17-7-5-4-6-16(17)13(2)26/h4-11H,3,12H2,1-2H3,(H,23,27)(H,24,29)/t21-/m0/s1. The van der Waals surface area contributed by atoms with E-state index in [1.165, 1.54) is 31.2 Å². The van der Waals surface area contributed by atoms with Gasteiger partial charge in [-0.3, -0.25) is 19.3 Å². The number of carbonyl (C=O) groups excluding carboxylic acids is 4. The SMILES string of the molecule is CC[C@@]1(c2ccc(F)cc2)NC(=O)N(CC(=O)Nc2ccccc2C(C)=O)C1=O. The number of amides is 4. The molecular formula is C21H20FN3O4. The van der Waals surface area contributed by atoms with Crippen LogP contribution in [0.25, 0.3) is 0 Å². The van der Waals surface area contributed by atoms with E-state index in [9.17, 15) is 23.6 Å². The first-order chi connectivity index (χ1) is 13.8. The molecular weight excluding hydrogens is 377 g/mol. The number of urea groups is 1. The van der Waals surface area contributed by atoms with Crippen LogP contribution in [0.4, 0.5) is 14.9 Å². The third-order valence-electron chi connectivity index (χ3n) is 4.93. The van der Waals surface area contributed by atoms with Gasteiger partial charge in [0.15, 0.2) is 5.78 Å². The first-order valence-electron chi connectivity index (χ1n) is 9.08. The van der Waals surface area contributed by atoms with Gasteiger partial charge in [-0.1, -0.05) is 31.2 Å². The van der Waals surface area contributed by atoms with E-state index in [4.69, 9.17) is 0 Å². The third kappa shape index (κ3) is 3.73. The van der Waals surface area contributed by atoms with E-state index in [0.29, 0.717) is 16.8 Å². The fraction of sp³-hybridized carbons (Fsp3) is 0.238. The molecule has 2 aromatic rings. The van der Waals surface area contributed by atoms with Crippen molar-refractivity contribution < 1.29 is 23.6 Å². The van der Waals surface area contributed by atoms with E-state index in [0.717, 1.165) is 4.90 Å². The fourth-order valence-electron chi connectivity index (χ4n) is 3.38. The molecule has 1 heterocycles. The van der Waals surface area contributed by atoms with Crippen LogP contribution in [0, 0.1) is 5.82 Å². The Balaban J connectivity index is 1.80. The first-order valence-corrected chi connectivity index (χ1v) is 9.08. The minimum atomic E-state index is -1.36. The predicted octanol–water partition coefficient (Wildman–Crippen LogP) is 2.82. The highest BCUT2D eigenvalue weighted by Crippen LogP contribution is 2.32. The number of imide groups is 1. The molecule has 0 aliphatic carbocycles. The van der Waals surface area contributed by atoms with Crippen molar-refractivity contribution in [3.8, 4) is 0 Å². The number of benzene rings is 2. The van der Waals surface area contributed by atoms with Crippen molar-refractivity contribution in [2.24, 2.45) is 0 Å². The highest BCUT2D eigenvalue weighted by molar-refractivity contribution is 6.11. The number of hydrogen-bond acceptors (Lipinski definition) is 4. The molecule has 0 aromatic heterocycles. The maximum atomic E-state index is 13.3. The maximum Gasteiger partial charge on any atom is 0.325 e. The Kier molecular flexibility index (Phi) is 5.45. The van der Waals surface area contributed by atoms with Gasteiger partial charge in [0.25, 0.3) is 5.91 Å². The van der Waals surface area contributed by atoms with Gasteiger partial charge in [-0.25, -0.2) is 9.18 Å². The summed E-state index contributed by atoms with van der Waals surface area (Å²) in [5, 5.41) is 5.20. The van der Waals surface area contributed by atoms with Crippen molar-refractivity contribution in [2.75, 3.05) is 11.9 Å². The summed E-state index contributed by atoms with van der Waals surface area (Å²) in [7, 11) is 0. The van der Waals surface area contributed by atoms with Crippen LogP contribution in [-0.2, 0) is 15.1 Å². The highest BCUT2D eigenvalue weighted by Gasteiger charge is 2.51. The largest absolute Gasteiger partial charge is 0.325 e. The van der Waals surface area contributed by atoms with Gasteiger partial charge in [-0.2, -0.15) is 0 Å². The topological polar surface area (TPSA) is 95.6 Å². The number of anilines is 1. The van der Waals surface area contributed by atoms with Crippen LogP contribution in [0.2, 0.25) is 0 Å². The summed E-state index contributed by atoms with van der Waals surface area (Å²) < 4.78 is 13.3. The lowest BCUT2D eigenvalue weighted by atomic mass is 9.87. The van der Waals surface area contributed by atoms with Gasteiger partial charge in [0.05, 0.1) is 5.69 Å². The molecule has 0 saturated carbocycles. The monoisotopic (exact) mass is 397 g/mol. The zero-order valence-electron chi connectivity index (χ0n) is 16.0. The molecule has 0 unspecified atom stereocenters. The van der Waals surface area contributed by atoms with Crippen molar-refractivity contribution in [2.45, 2.75) is 25.8 Å². The molecule has 0 radical (unpaired) electrons. The number of ketones is 1. The van der Waals surface area contributed by atoms with Crippen LogP contribution in [0.5, 0.6) is 0 Å². The summed E-state index contributed by atoms with van der Waals surface area (Å²) in [6.45, 7) is 2.58. The number of nitrogens with one attached hydrogen (secondary N) is 2. The number of hydrogen-bond donors (Lipinski definition) is 2. The average molecular weight is 397 g/mol. The molecule has 1 aliphatic heterocycles. The molecule has 2 N–H and O–H groups in total. The van der Waals surface area contributed by atoms with Gasteiger partial charge in [-0.05, 0) is 43.2 Å². The van der Waals surface area contributed by atoms with Crippen molar-refractivity contribution in [3.05, 3.63) is 65.5 Å². The summed E-state index contributed by atoms with van der Waals surface area (Å²) in [5.74, 6) is -1.89. The predicted molar refractivity (Wildman–Crippen MR) is 104 cm³/mol. The van der Waals surface area contributed by atoms with Gasteiger partial charge in [0.1, 0.15) is 17.9 Å². The molecule has 7 nitrogen and oxygen atoms in total. The summed E-state index contributed by atoms with van der Waals surface area (Å²) >= 11 is 0. The molecule has 1 saturated heterocycles. The normalized spacial score (nSPS) is 18.5. The lowest BCUT2D eigenvalue weighted by Crippen LogP contribution is -2.44. The van der Waals surface area contributed by atoms with E-state index < -0.39 is 35.7 Å². The summed E-state index contributed by atoms with van der Waals surface area (Å²) in [5.41, 5.74) is -0.295. The van der Waals surface area contributed by atoms with E-state index in [1.807, 2.05) is 0 Å². The zero-order chi connectivity index (χ0) is 21.2. The number of para-hydroxylation sites is 1. The third-order valence-corrected chi connectivity index (χ3v) is 4.93. The minimum Gasteiger partial charge on any atom is -0.324 e. The molecule has 29 heavy (non-hydrogen) atoms. The van der Waals surface area contributed by atoms with E-state index in [-0.39, 0.29) is 12.2 Å². The summed E-state index contributed by atoms with van der Waals surface area (Å²) in [6.07, 6.45) is 0.231. The molecule has 150 valence electrons. The Hall–Kier alpha value is -3.55. The van der Waals surface area contributed by atoms with Crippen molar-refractivity contribution in [1.82, 2.24) is 10.2 Å². The van der Waals surface area contributed by atoms with Gasteiger partial charge in [-0.15, -0.1) is 0 Å². The Bertz CT molecular complexity index is 990. The lowest BCUT2D eigenvalue weighted by Gasteiger charge is -2.25. The van der Waals surface area contributed by atoms with E-state index >= 15 is 0 Å². The highest BCUT2D eigenvalue weighted by atomic mass is 19.1. The number of Topliss-reactive ketones (excluding diaryl/α,β-unsaturated/α-hetero) is 1. The molecule has 1 atom stereocenters. The Labute approximate surface area is 166 Å². The Morgan fingerprint density at radius 1 is 1.10 bits per heavy atom. The van der Waals surface area contributed by atoms with Gasteiger partial charge >= 0.3 is 6.03 Å². The van der Waals surface area contributed by atoms with Crippen molar-refractivity contribution >= 4 is 29.3 Å². The number of halogens is 1. The second kappa shape index (κ2) is 7.83. The van der Waals surface area contributed by atoms with Crippen molar-refractivity contribution in [1.29, 1.82) is 0 Å². The van der Waals surface area contributed by atoms with Crippen LogP contribution in [0.3, 0.4) is 0 Å². The molecule has 0 bridgehead atoms.